The van der Waals surface area contributed by atoms with Crippen LogP contribution in [0.3, 0.4) is 0 Å². The Morgan fingerprint density at radius 2 is 1.70 bits per heavy atom. The average Bonchev–Trinajstić information content (AvgIpc) is 3.46. The van der Waals surface area contributed by atoms with Gasteiger partial charge in [0.05, 0.1) is 18.1 Å². The maximum Gasteiger partial charge on any atom is 0.528 e. The largest absolute Gasteiger partial charge is 0.528 e. The van der Waals surface area contributed by atoms with E-state index in [9.17, 15) is 14.7 Å². The molecule has 5 rings (SSSR count). The van der Waals surface area contributed by atoms with Gasteiger partial charge in [-0.25, -0.2) is 9.59 Å². The molecule has 4 aromatic rings. The maximum absolute atomic E-state index is 12.7. The third-order valence-electron chi connectivity index (χ3n) is 5.92. The third-order valence-corrected chi connectivity index (χ3v) is 5.92. The van der Waals surface area contributed by atoms with E-state index in [0.29, 0.717) is 30.0 Å². The first kappa shape index (κ1) is 24.0. The summed E-state index contributed by atoms with van der Waals surface area (Å²) in [5, 5.41) is 19.1. The number of hydrogen-bond donors (Lipinski definition) is 1. The second-order valence-corrected chi connectivity index (χ2v) is 8.33. The summed E-state index contributed by atoms with van der Waals surface area (Å²) in [6.45, 7) is -0.0619. The highest BCUT2D eigenvalue weighted by atomic mass is 16.8. The summed E-state index contributed by atoms with van der Waals surface area (Å²) >= 11 is 0. The van der Waals surface area contributed by atoms with Crippen LogP contribution in [0.4, 0.5) is 4.79 Å². The summed E-state index contributed by atoms with van der Waals surface area (Å²) < 4.78 is 11.0. The molecule has 10 nitrogen and oxygen atoms in total. The zero-order valence-corrected chi connectivity index (χ0v) is 19.8. The lowest BCUT2D eigenvalue weighted by Crippen LogP contribution is -2.38. The number of carbonyl (C=O) groups is 2. The Bertz CT molecular complexity index is 1380. The molecule has 188 valence electrons. The van der Waals surface area contributed by atoms with E-state index in [4.69, 9.17) is 14.3 Å². The molecule has 2 heterocycles. The van der Waals surface area contributed by atoms with Gasteiger partial charge in [0.15, 0.2) is 6.61 Å². The number of aliphatic carboxylic acids is 1. The van der Waals surface area contributed by atoms with Crippen molar-refractivity contribution in [1.82, 2.24) is 20.1 Å². The van der Waals surface area contributed by atoms with Crippen LogP contribution >= 0.6 is 0 Å². The molecule has 10 heteroatoms. The van der Waals surface area contributed by atoms with Crippen LogP contribution in [0.1, 0.15) is 28.3 Å². The fourth-order valence-corrected chi connectivity index (χ4v) is 4.30. The standard InChI is InChI=1S/C27H24N4O6/c32-25(33)18-35-24-11-10-21(31-28-13-14-29-31)16-23(24)26-22-9-5-4-8-20(22)12-15-30(26)37-27(34)36-17-19-6-2-1-3-7-19/h1-11,13-14,16,26H,12,15,17-18H2,(H,32,33). The smallest absolute Gasteiger partial charge is 0.482 e. The normalized spacial score (nSPS) is 15.0. The Hall–Kier alpha value is -4.70. The molecule has 1 aliphatic rings. The van der Waals surface area contributed by atoms with Gasteiger partial charge in [-0.05, 0) is 41.3 Å². The second kappa shape index (κ2) is 10.9. The second-order valence-electron chi connectivity index (χ2n) is 8.33. The van der Waals surface area contributed by atoms with Gasteiger partial charge in [-0.1, -0.05) is 54.6 Å². The van der Waals surface area contributed by atoms with Crippen molar-refractivity contribution in [3.8, 4) is 11.4 Å². The fourth-order valence-electron chi connectivity index (χ4n) is 4.30. The lowest BCUT2D eigenvalue weighted by Gasteiger charge is -2.36. The number of benzene rings is 3. The molecule has 1 aliphatic heterocycles. The lowest BCUT2D eigenvalue weighted by atomic mass is 9.89. The van der Waals surface area contributed by atoms with E-state index in [1.165, 1.54) is 4.80 Å². The van der Waals surface area contributed by atoms with Gasteiger partial charge in [-0.15, -0.1) is 5.06 Å². The van der Waals surface area contributed by atoms with Gasteiger partial charge in [0.2, 0.25) is 0 Å². The van der Waals surface area contributed by atoms with Crippen molar-refractivity contribution in [2.24, 2.45) is 0 Å². The molecule has 3 aromatic carbocycles. The van der Waals surface area contributed by atoms with Crippen LogP contribution in [0.15, 0.2) is 85.2 Å². The quantitative estimate of drug-likeness (QED) is 0.359. The van der Waals surface area contributed by atoms with Crippen molar-refractivity contribution >= 4 is 12.1 Å². The summed E-state index contributed by atoms with van der Waals surface area (Å²) in [5.41, 5.74) is 4.05. The minimum atomic E-state index is -1.11. The zero-order chi connectivity index (χ0) is 25.6. The Morgan fingerprint density at radius 1 is 0.946 bits per heavy atom. The predicted octanol–water partition coefficient (Wildman–Crippen LogP) is 3.95. The molecule has 0 radical (unpaired) electrons. The van der Waals surface area contributed by atoms with Gasteiger partial charge in [-0.2, -0.15) is 15.0 Å². The van der Waals surface area contributed by atoms with Crippen molar-refractivity contribution in [3.63, 3.8) is 0 Å². The third kappa shape index (κ3) is 5.60. The summed E-state index contributed by atoms with van der Waals surface area (Å²) in [7, 11) is 0. The summed E-state index contributed by atoms with van der Waals surface area (Å²) in [6, 6.07) is 21.7. The van der Waals surface area contributed by atoms with Crippen LogP contribution in [0.2, 0.25) is 0 Å². The molecule has 0 spiro atoms. The monoisotopic (exact) mass is 500 g/mol. The first-order valence-corrected chi connectivity index (χ1v) is 11.7. The summed E-state index contributed by atoms with van der Waals surface area (Å²) in [4.78, 5) is 31.1. The highest BCUT2D eigenvalue weighted by Crippen LogP contribution is 2.40. The Morgan fingerprint density at radius 3 is 2.49 bits per heavy atom. The molecular weight excluding hydrogens is 476 g/mol. The van der Waals surface area contributed by atoms with E-state index in [-0.39, 0.29) is 6.61 Å². The van der Waals surface area contributed by atoms with Gasteiger partial charge in [-0.3, -0.25) is 0 Å². The van der Waals surface area contributed by atoms with Crippen molar-refractivity contribution in [2.45, 2.75) is 19.1 Å². The van der Waals surface area contributed by atoms with E-state index in [1.54, 1.807) is 35.7 Å². The molecule has 0 amide bonds. The number of hydrogen-bond acceptors (Lipinski definition) is 8. The molecule has 0 bridgehead atoms. The van der Waals surface area contributed by atoms with E-state index >= 15 is 0 Å². The highest BCUT2D eigenvalue weighted by Gasteiger charge is 2.34. The Balaban J connectivity index is 1.49. The Labute approximate surface area is 212 Å². The van der Waals surface area contributed by atoms with Gasteiger partial charge in [0.1, 0.15) is 18.4 Å². The van der Waals surface area contributed by atoms with Crippen LogP contribution in [0.25, 0.3) is 5.69 Å². The zero-order valence-electron chi connectivity index (χ0n) is 19.8. The number of ether oxygens (including phenoxy) is 2. The minimum absolute atomic E-state index is 0.0716. The predicted molar refractivity (Wildman–Crippen MR) is 131 cm³/mol. The minimum Gasteiger partial charge on any atom is -0.482 e. The molecule has 0 saturated carbocycles. The van der Waals surface area contributed by atoms with Gasteiger partial charge in [0.25, 0.3) is 0 Å². The summed E-state index contributed by atoms with van der Waals surface area (Å²) in [6.07, 6.45) is 2.92. The van der Waals surface area contributed by atoms with Crippen molar-refractivity contribution < 1.29 is 29.0 Å². The van der Waals surface area contributed by atoms with Gasteiger partial charge in [0, 0.05) is 12.1 Å². The first-order valence-electron chi connectivity index (χ1n) is 11.7. The Kier molecular flexibility index (Phi) is 7.09. The number of nitrogens with zero attached hydrogens (tertiary/aromatic N) is 4. The van der Waals surface area contributed by atoms with Crippen LogP contribution in [0.5, 0.6) is 5.75 Å². The summed E-state index contributed by atoms with van der Waals surface area (Å²) in [5.74, 6) is -0.767. The molecule has 0 fully saturated rings. The molecule has 0 saturated heterocycles. The SMILES string of the molecule is O=C(O)COc1ccc(-n2nccn2)cc1C1c2ccccc2CCN1OC(=O)OCc1ccccc1. The van der Waals surface area contributed by atoms with Crippen molar-refractivity contribution in [3.05, 3.63) is 107 Å². The number of carboxylic acids is 1. The number of carboxylic acid groups (broad SMARTS) is 1. The number of carbonyl (C=O) groups excluding carboxylic acids is 1. The first-order chi connectivity index (χ1) is 18.1. The molecule has 1 aromatic heterocycles. The van der Waals surface area contributed by atoms with Crippen LogP contribution < -0.4 is 4.74 Å². The maximum atomic E-state index is 12.7. The van der Waals surface area contributed by atoms with Crippen LogP contribution in [-0.4, -0.2) is 50.4 Å². The molecule has 0 aliphatic carbocycles. The molecule has 1 unspecified atom stereocenters. The topological polar surface area (TPSA) is 116 Å². The van der Waals surface area contributed by atoms with Gasteiger partial charge < -0.3 is 19.4 Å². The van der Waals surface area contributed by atoms with Gasteiger partial charge >= 0.3 is 12.1 Å². The number of hydroxylamine groups is 2. The van der Waals surface area contributed by atoms with Crippen molar-refractivity contribution in [2.75, 3.05) is 13.2 Å². The number of fused-ring (bicyclic) bond motifs is 1. The highest BCUT2D eigenvalue weighted by molar-refractivity contribution is 5.68. The number of rotatable bonds is 8. The van der Waals surface area contributed by atoms with Crippen molar-refractivity contribution in [1.29, 1.82) is 0 Å². The number of aromatic nitrogens is 3. The molecule has 1 N–H and O–H groups in total. The van der Waals surface area contributed by atoms with E-state index in [0.717, 1.165) is 16.7 Å². The van der Waals surface area contributed by atoms with E-state index in [1.807, 2.05) is 54.6 Å². The molecule has 37 heavy (non-hydrogen) atoms. The fraction of sp³-hybridized carbons (Fsp3) is 0.185. The van der Waals surface area contributed by atoms with E-state index < -0.39 is 24.8 Å². The lowest BCUT2D eigenvalue weighted by molar-refractivity contribution is -0.152. The van der Waals surface area contributed by atoms with Crippen LogP contribution in [0, 0.1) is 0 Å². The van der Waals surface area contributed by atoms with Crippen LogP contribution in [-0.2, 0) is 27.4 Å². The van der Waals surface area contributed by atoms with E-state index in [2.05, 4.69) is 10.2 Å². The molecule has 1 atom stereocenters. The average molecular weight is 501 g/mol. The molecular formula is C27H24N4O6.